The number of benzene rings is 1. The molecule has 1 aromatic carbocycles. The van der Waals surface area contributed by atoms with Crippen molar-refractivity contribution in [1.29, 1.82) is 0 Å². The van der Waals surface area contributed by atoms with Crippen LogP contribution in [0.4, 0.5) is 0 Å². The van der Waals surface area contributed by atoms with Crippen LogP contribution in [0.5, 0.6) is 5.75 Å². The van der Waals surface area contributed by atoms with Crippen LogP contribution < -0.4 is 15.4 Å². The summed E-state index contributed by atoms with van der Waals surface area (Å²) in [6, 6.07) is 7.87. The lowest BCUT2D eigenvalue weighted by Crippen LogP contribution is -2.39. The zero-order chi connectivity index (χ0) is 17.7. The summed E-state index contributed by atoms with van der Waals surface area (Å²) in [5, 5.41) is 6.58. The fourth-order valence-corrected chi connectivity index (χ4v) is 2.93. The van der Waals surface area contributed by atoms with E-state index in [0.29, 0.717) is 13.2 Å². The Bertz CT molecular complexity index is 528. The van der Waals surface area contributed by atoms with E-state index in [4.69, 9.17) is 9.47 Å². The quantitative estimate of drug-likeness (QED) is 0.218. The minimum Gasteiger partial charge on any atom is -0.492 e. The molecular formula is C18H30BrIN4O2. The zero-order valence-corrected chi connectivity index (χ0v) is 19.3. The highest BCUT2D eigenvalue weighted by Gasteiger charge is 2.09. The first kappa shape index (κ1) is 23.5. The predicted octanol–water partition coefficient (Wildman–Crippen LogP) is 2.72. The Hall–Kier alpha value is -0.580. The molecule has 0 bridgehead atoms. The van der Waals surface area contributed by atoms with Crippen LogP contribution in [0.15, 0.2) is 33.7 Å². The van der Waals surface area contributed by atoms with Crippen molar-refractivity contribution in [3.63, 3.8) is 0 Å². The van der Waals surface area contributed by atoms with Crippen LogP contribution in [-0.4, -0.2) is 69.9 Å². The Morgan fingerprint density at radius 3 is 2.85 bits per heavy atom. The van der Waals surface area contributed by atoms with Crippen LogP contribution >= 0.6 is 39.9 Å². The maximum Gasteiger partial charge on any atom is 0.191 e. The fraction of sp³-hybridized carbons (Fsp3) is 0.611. The van der Waals surface area contributed by atoms with Gasteiger partial charge in [-0.1, -0.05) is 22.0 Å². The fourth-order valence-electron chi connectivity index (χ4n) is 2.55. The minimum absolute atomic E-state index is 0. The average Bonchev–Trinajstić information content (AvgIpc) is 2.63. The van der Waals surface area contributed by atoms with E-state index in [2.05, 4.69) is 43.4 Å². The van der Waals surface area contributed by atoms with Crippen molar-refractivity contribution in [2.24, 2.45) is 4.99 Å². The van der Waals surface area contributed by atoms with E-state index in [1.165, 1.54) is 0 Å². The Morgan fingerprint density at radius 1 is 1.31 bits per heavy atom. The van der Waals surface area contributed by atoms with E-state index in [9.17, 15) is 0 Å². The molecule has 2 N–H and O–H groups in total. The van der Waals surface area contributed by atoms with E-state index in [1.54, 1.807) is 0 Å². The second-order valence-electron chi connectivity index (χ2n) is 5.80. The molecule has 1 aliphatic rings. The van der Waals surface area contributed by atoms with Gasteiger partial charge in [0.2, 0.25) is 0 Å². The summed E-state index contributed by atoms with van der Waals surface area (Å²) in [6.07, 6.45) is 1.06. The minimum atomic E-state index is 0. The molecule has 0 unspecified atom stereocenters. The maximum atomic E-state index is 5.73. The monoisotopic (exact) mass is 540 g/mol. The number of halogens is 2. The van der Waals surface area contributed by atoms with Gasteiger partial charge in [0, 0.05) is 37.2 Å². The molecule has 0 aliphatic carbocycles. The standard InChI is InChI=1S/C18H29BrN4O2.HI/c1-2-20-18(21-7-4-9-23-10-13-24-14-11-23)22-8-12-25-17-6-3-5-16(19)15-17;/h3,5-6,15H,2,4,7-14H2,1H3,(H2,20,21,22);1H. The van der Waals surface area contributed by atoms with Gasteiger partial charge in [0.25, 0.3) is 0 Å². The van der Waals surface area contributed by atoms with Crippen molar-refractivity contribution in [3.8, 4) is 5.75 Å². The Kier molecular flexibility index (Phi) is 13.1. The summed E-state index contributed by atoms with van der Waals surface area (Å²) in [7, 11) is 0. The number of nitrogens with one attached hydrogen (secondary N) is 2. The topological polar surface area (TPSA) is 58.1 Å². The molecule has 2 rings (SSSR count). The first-order chi connectivity index (χ1) is 12.3. The van der Waals surface area contributed by atoms with Crippen LogP contribution in [0.2, 0.25) is 0 Å². The van der Waals surface area contributed by atoms with Crippen LogP contribution in [0.1, 0.15) is 13.3 Å². The smallest absolute Gasteiger partial charge is 0.191 e. The summed E-state index contributed by atoms with van der Waals surface area (Å²) in [5.74, 6) is 1.71. The average molecular weight is 541 g/mol. The zero-order valence-electron chi connectivity index (χ0n) is 15.4. The molecule has 1 heterocycles. The number of hydrogen-bond donors (Lipinski definition) is 2. The van der Waals surface area contributed by atoms with Crippen LogP contribution in [0.25, 0.3) is 0 Å². The van der Waals surface area contributed by atoms with Crippen LogP contribution in [-0.2, 0) is 4.74 Å². The number of ether oxygens (including phenoxy) is 2. The maximum absolute atomic E-state index is 5.73. The first-order valence-electron chi connectivity index (χ1n) is 8.98. The van der Waals surface area contributed by atoms with Crippen molar-refractivity contribution in [2.45, 2.75) is 13.3 Å². The Balaban J connectivity index is 0.00000338. The highest BCUT2D eigenvalue weighted by atomic mass is 127. The van der Waals surface area contributed by atoms with Gasteiger partial charge in [-0.25, -0.2) is 0 Å². The van der Waals surface area contributed by atoms with E-state index < -0.39 is 0 Å². The van der Waals surface area contributed by atoms with Crippen LogP contribution in [0, 0.1) is 0 Å². The summed E-state index contributed by atoms with van der Waals surface area (Å²) in [6.45, 7) is 9.90. The molecule has 0 radical (unpaired) electrons. The van der Waals surface area contributed by atoms with Gasteiger partial charge in [-0.15, -0.1) is 24.0 Å². The third-order valence-electron chi connectivity index (χ3n) is 3.81. The molecule has 1 aromatic rings. The summed E-state index contributed by atoms with van der Waals surface area (Å²) in [5.41, 5.74) is 0. The highest BCUT2D eigenvalue weighted by molar-refractivity contribution is 14.0. The number of nitrogens with zero attached hydrogens (tertiary/aromatic N) is 2. The van der Waals surface area contributed by atoms with Crippen molar-refractivity contribution in [3.05, 3.63) is 28.7 Å². The molecule has 0 saturated carbocycles. The Morgan fingerprint density at radius 2 is 2.12 bits per heavy atom. The molecule has 0 amide bonds. The normalized spacial score (nSPS) is 15.2. The van der Waals surface area contributed by atoms with Gasteiger partial charge in [0.15, 0.2) is 5.96 Å². The molecule has 0 spiro atoms. The number of guanidine groups is 1. The number of aliphatic imine (C=N–C) groups is 1. The van der Waals surface area contributed by atoms with Gasteiger partial charge in [0.05, 0.1) is 19.8 Å². The van der Waals surface area contributed by atoms with Gasteiger partial charge in [-0.2, -0.15) is 0 Å². The predicted molar refractivity (Wildman–Crippen MR) is 121 cm³/mol. The summed E-state index contributed by atoms with van der Waals surface area (Å²) in [4.78, 5) is 7.07. The molecule has 1 aliphatic heterocycles. The molecule has 6 nitrogen and oxygen atoms in total. The van der Waals surface area contributed by atoms with Gasteiger partial charge < -0.3 is 20.1 Å². The van der Waals surface area contributed by atoms with Gasteiger partial charge >= 0.3 is 0 Å². The van der Waals surface area contributed by atoms with Crippen molar-refractivity contribution in [1.82, 2.24) is 15.5 Å². The molecule has 26 heavy (non-hydrogen) atoms. The van der Waals surface area contributed by atoms with Crippen molar-refractivity contribution >= 4 is 45.9 Å². The lowest BCUT2D eigenvalue weighted by molar-refractivity contribution is 0.0377. The third-order valence-corrected chi connectivity index (χ3v) is 4.30. The molecule has 8 heteroatoms. The molecule has 1 fully saturated rings. The number of rotatable bonds is 9. The number of hydrogen-bond acceptors (Lipinski definition) is 4. The molecule has 0 atom stereocenters. The van der Waals surface area contributed by atoms with Crippen LogP contribution in [0.3, 0.4) is 0 Å². The van der Waals surface area contributed by atoms with Crippen molar-refractivity contribution < 1.29 is 9.47 Å². The molecule has 0 aromatic heterocycles. The number of morpholine rings is 1. The molecule has 1 saturated heterocycles. The lowest BCUT2D eigenvalue weighted by Gasteiger charge is -2.26. The van der Waals surface area contributed by atoms with E-state index >= 15 is 0 Å². The van der Waals surface area contributed by atoms with Gasteiger partial charge in [-0.3, -0.25) is 9.89 Å². The molecule has 148 valence electrons. The second-order valence-corrected chi connectivity index (χ2v) is 6.72. The summed E-state index contributed by atoms with van der Waals surface area (Å²) < 4.78 is 12.1. The van der Waals surface area contributed by atoms with Gasteiger partial charge in [-0.05, 0) is 31.5 Å². The highest BCUT2D eigenvalue weighted by Crippen LogP contribution is 2.17. The largest absolute Gasteiger partial charge is 0.492 e. The van der Waals surface area contributed by atoms with Crippen molar-refractivity contribution in [2.75, 3.05) is 59.1 Å². The van der Waals surface area contributed by atoms with Gasteiger partial charge in [0.1, 0.15) is 12.4 Å². The first-order valence-corrected chi connectivity index (χ1v) is 9.78. The van der Waals surface area contributed by atoms with E-state index in [-0.39, 0.29) is 24.0 Å². The Labute approximate surface area is 182 Å². The second kappa shape index (κ2) is 14.5. The molecular weight excluding hydrogens is 511 g/mol. The van der Waals surface area contributed by atoms with E-state index in [1.807, 2.05) is 24.3 Å². The summed E-state index contributed by atoms with van der Waals surface area (Å²) >= 11 is 3.44. The SMILES string of the molecule is CCNC(=NCCCN1CCOCC1)NCCOc1cccc(Br)c1.I. The van der Waals surface area contributed by atoms with E-state index in [0.717, 1.165) is 68.5 Å². The lowest BCUT2D eigenvalue weighted by atomic mass is 10.3. The third kappa shape index (κ3) is 9.94.